The number of rotatable bonds is 3. The van der Waals surface area contributed by atoms with E-state index in [1.807, 2.05) is 0 Å². The molecule has 1 aromatic carbocycles. The minimum absolute atomic E-state index is 0.0303. The van der Waals surface area contributed by atoms with Crippen LogP contribution in [0.15, 0.2) is 18.2 Å². The molecule has 2 heterocycles. The Hall–Kier alpha value is -1.55. The lowest BCUT2D eigenvalue weighted by atomic mass is 10.0. The van der Waals surface area contributed by atoms with Gasteiger partial charge in [-0.3, -0.25) is 4.79 Å². The first-order valence-corrected chi connectivity index (χ1v) is 7.99. The predicted octanol–water partition coefficient (Wildman–Crippen LogP) is 1.75. The van der Waals surface area contributed by atoms with Gasteiger partial charge in [0.05, 0.1) is 6.04 Å². The Morgan fingerprint density at radius 1 is 1.10 bits per heavy atom. The molecule has 2 aliphatic rings. The van der Waals surface area contributed by atoms with Gasteiger partial charge in [0.2, 0.25) is 5.91 Å². The highest BCUT2D eigenvalue weighted by molar-refractivity contribution is 5.83. The van der Waals surface area contributed by atoms with Crippen LogP contribution in [-0.2, 0) is 4.79 Å². The van der Waals surface area contributed by atoms with Gasteiger partial charge in [-0.1, -0.05) is 6.07 Å². The van der Waals surface area contributed by atoms with Gasteiger partial charge in [0.15, 0.2) is 0 Å². The van der Waals surface area contributed by atoms with Crippen LogP contribution in [0.5, 0.6) is 0 Å². The summed E-state index contributed by atoms with van der Waals surface area (Å²) in [4.78, 5) is 14.1. The highest BCUT2D eigenvalue weighted by atomic mass is 16.2. The summed E-state index contributed by atoms with van der Waals surface area (Å²) in [7, 11) is 0. The van der Waals surface area contributed by atoms with E-state index in [2.05, 4.69) is 47.6 Å². The van der Waals surface area contributed by atoms with E-state index in [1.165, 1.54) is 16.8 Å². The summed E-state index contributed by atoms with van der Waals surface area (Å²) in [5.74, 6) is 0.173. The van der Waals surface area contributed by atoms with Crippen molar-refractivity contribution in [1.82, 2.24) is 10.6 Å². The smallest absolute Gasteiger partial charge is 0.237 e. The molecule has 114 valence electrons. The summed E-state index contributed by atoms with van der Waals surface area (Å²) in [6.07, 6.45) is 3.14. The third-order valence-electron chi connectivity index (χ3n) is 4.55. The number of benzene rings is 1. The van der Waals surface area contributed by atoms with Gasteiger partial charge in [-0.2, -0.15) is 0 Å². The van der Waals surface area contributed by atoms with Crippen molar-refractivity contribution in [2.24, 2.45) is 0 Å². The largest absolute Gasteiger partial charge is 0.371 e. The maximum Gasteiger partial charge on any atom is 0.237 e. The molecular weight excluding hydrogens is 262 g/mol. The number of hydrogen-bond donors (Lipinski definition) is 2. The fraction of sp³-hybridized carbons (Fsp3) is 0.588. The van der Waals surface area contributed by atoms with E-state index in [-0.39, 0.29) is 11.9 Å². The quantitative estimate of drug-likeness (QED) is 0.890. The normalized spacial score (nSPS) is 23.4. The van der Waals surface area contributed by atoms with Crippen LogP contribution in [0, 0.1) is 13.8 Å². The van der Waals surface area contributed by atoms with Gasteiger partial charge in [-0.15, -0.1) is 0 Å². The lowest BCUT2D eigenvalue weighted by Gasteiger charge is -2.35. The number of nitrogens with zero attached hydrogens (tertiary/aromatic N) is 1. The van der Waals surface area contributed by atoms with Crippen LogP contribution in [-0.4, -0.2) is 37.6 Å². The van der Waals surface area contributed by atoms with Crippen molar-refractivity contribution in [1.29, 1.82) is 0 Å². The molecule has 4 nitrogen and oxygen atoms in total. The topological polar surface area (TPSA) is 44.4 Å². The molecule has 4 heteroatoms. The van der Waals surface area contributed by atoms with E-state index in [4.69, 9.17) is 0 Å². The van der Waals surface area contributed by atoms with Crippen LogP contribution in [0.3, 0.4) is 0 Å². The summed E-state index contributed by atoms with van der Waals surface area (Å²) >= 11 is 0. The van der Waals surface area contributed by atoms with Gasteiger partial charge >= 0.3 is 0 Å². The Balaban J connectivity index is 1.56. The molecule has 0 aliphatic carbocycles. The first kappa shape index (κ1) is 14.4. The zero-order valence-corrected chi connectivity index (χ0v) is 13.0. The number of carbonyl (C=O) groups excluding carboxylic acids is 1. The molecule has 0 bridgehead atoms. The summed E-state index contributed by atoms with van der Waals surface area (Å²) in [5.41, 5.74) is 3.99. The third-order valence-corrected chi connectivity index (χ3v) is 4.55. The summed E-state index contributed by atoms with van der Waals surface area (Å²) in [6.45, 7) is 7.26. The maximum absolute atomic E-state index is 11.6. The second-order valence-electron chi connectivity index (χ2n) is 6.41. The van der Waals surface area contributed by atoms with Crippen molar-refractivity contribution >= 4 is 11.6 Å². The number of anilines is 1. The first-order chi connectivity index (χ1) is 10.1. The van der Waals surface area contributed by atoms with Crippen molar-refractivity contribution in [2.45, 2.75) is 45.2 Å². The van der Waals surface area contributed by atoms with Crippen molar-refractivity contribution in [2.75, 3.05) is 24.5 Å². The van der Waals surface area contributed by atoms with Crippen molar-refractivity contribution in [3.8, 4) is 0 Å². The van der Waals surface area contributed by atoms with Crippen LogP contribution in [0.4, 0.5) is 5.69 Å². The number of hydrogen-bond acceptors (Lipinski definition) is 3. The first-order valence-electron chi connectivity index (χ1n) is 7.99. The lowest BCUT2D eigenvalue weighted by Crippen LogP contribution is -2.48. The van der Waals surface area contributed by atoms with Gasteiger partial charge < -0.3 is 15.5 Å². The number of piperidine rings is 1. The molecule has 2 N–H and O–H groups in total. The Morgan fingerprint density at radius 2 is 1.76 bits per heavy atom. The molecule has 0 saturated carbocycles. The molecule has 0 spiro atoms. The van der Waals surface area contributed by atoms with E-state index in [9.17, 15) is 4.79 Å². The highest BCUT2D eigenvalue weighted by Gasteiger charge is 2.28. The van der Waals surface area contributed by atoms with E-state index in [0.29, 0.717) is 6.04 Å². The van der Waals surface area contributed by atoms with E-state index in [0.717, 1.165) is 38.9 Å². The van der Waals surface area contributed by atoms with Gasteiger partial charge in [0, 0.05) is 31.4 Å². The van der Waals surface area contributed by atoms with Crippen molar-refractivity contribution < 1.29 is 4.79 Å². The molecule has 0 unspecified atom stereocenters. The maximum atomic E-state index is 11.6. The van der Waals surface area contributed by atoms with Crippen LogP contribution in [0.1, 0.15) is 30.4 Å². The third kappa shape index (κ3) is 3.38. The van der Waals surface area contributed by atoms with Crippen LogP contribution >= 0.6 is 0 Å². The van der Waals surface area contributed by atoms with Crippen LogP contribution in [0.2, 0.25) is 0 Å². The monoisotopic (exact) mass is 287 g/mol. The molecule has 0 aromatic heterocycles. The number of amides is 1. The lowest BCUT2D eigenvalue weighted by molar-refractivity contribution is -0.121. The summed E-state index contributed by atoms with van der Waals surface area (Å²) in [6, 6.07) is 7.26. The fourth-order valence-electron chi connectivity index (χ4n) is 3.48. The van der Waals surface area contributed by atoms with E-state index in [1.54, 1.807) is 0 Å². The van der Waals surface area contributed by atoms with E-state index < -0.39 is 0 Å². The predicted molar refractivity (Wildman–Crippen MR) is 85.7 cm³/mol. The van der Waals surface area contributed by atoms with Crippen molar-refractivity contribution in [3.63, 3.8) is 0 Å². The van der Waals surface area contributed by atoms with Crippen LogP contribution < -0.4 is 15.5 Å². The summed E-state index contributed by atoms with van der Waals surface area (Å²) < 4.78 is 0. The Kier molecular flexibility index (Phi) is 4.15. The zero-order chi connectivity index (χ0) is 14.8. The standard InChI is InChI=1S/C17H25N3O/c1-12-9-13(2)11-15(10-12)20-7-4-14(5-8-20)19-16-3-6-18-17(16)21/h9-11,14,16,19H,3-8H2,1-2H3,(H,18,21)/t16-/m1/s1. The fourth-order valence-corrected chi connectivity index (χ4v) is 3.48. The average molecular weight is 287 g/mol. The molecule has 1 amide bonds. The number of aryl methyl sites for hydroxylation is 2. The minimum Gasteiger partial charge on any atom is -0.371 e. The highest BCUT2D eigenvalue weighted by Crippen LogP contribution is 2.23. The van der Waals surface area contributed by atoms with Gasteiger partial charge in [0.25, 0.3) is 0 Å². The van der Waals surface area contributed by atoms with Gasteiger partial charge in [0.1, 0.15) is 0 Å². The van der Waals surface area contributed by atoms with Gasteiger partial charge in [-0.25, -0.2) is 0 Å². The van der Waals surface area contributed by atoms with Gasteiger partial charge in [-0.05, 0) is 56.4 Å². The second kappa shape index (κ2) is 6.06. The number of nitrogens with one attached hydrogen (secondary N) is 2. The molecule has 0 radical (unpaired) electrons. The average Bonchev–Trinajstić information content (AvgIpc) is 2.84. The Labute approximate surface area is 126 Å². The van der Waals surface area contributed by atoms with E-state index >= 15 is 0 Å². The Bertz CT molecular complexity index is 501. The minimum atomic E-state index is 0.0303. The molecular formula is C17H25N3O. The molecule has 1 atom stereocenters. The summed E-state index contributed by atoms with van der Waals surface area (Å²) in [5, 5.41) is 6.42. The molecule has 2 fully saturated rings. The molecule has 1 aromatic rings. The second-order valence-corrected chi connectivity index (χ2v) is 6.41. The molecule has 3 rings (SSSR count). The van der Waals surface area contributed by atoms with Crippen LogP contribution in [0.25, 0.3) is 0 Å². The Morgan fingerprint density at radius 3 is 2.33 bits per heavy atom. The zero-order valence-electron chi connectivity index (χ0n) is 13.0. The molecule has 2 aliphatic heterocycles. The van der Waals surface area contributed by atoms with Crippen molar-refractivity contribution in [3.05, 3.63) is 29.3 Å². The molecule has 21 heavy (non-hydrogen) atoms. The molecule has 2 saturated heterocycles. The SMILES string of the molecule is Cc1cc(C)cc(N2CCC(N[C@@H]3CCNC3=O)CC2)c1. The number of carbonyl (C=O) groups is 1.